The minimum Gasteiger partial charge on any atom is -0.460 e. The molecule has 2 atom stereocenters. The summed E-state index contributed by atoms with van der Waals surface area (Å²) in [5, 5.41) is 11.7. The van der Waals surface area contributed by atoms with Crippen LogP contribution in [0, 0.1) is 24.2 Å². The Morgan fingerprint density at radius 2 is 1.05 bits per heavy atom. The molecule has 6 heterocycles. The first-order valence-electron chi connectivity index (χ1n) is 31.1. The number of hydrogen-bond donors (Lipinski definition) is 4. The summed E-state index contributed by atoms with van der Waals surface area (Å²) in [5.41, 5.74) is 3.81. The molecule has 93 heavy (non-hydrogen) atoms. The number of amides is 1. The molecule has 0 radical (unpaired) electrons. The number of carbonyl (C=O) groups is 5. The Morgan fingerprint density at radius 3 is 1.38 bits per heavy atom. The number of aliphatic hydroxyl groups is 1. The number of ether oxygens (including phenoxy) is 7. The minimum absolute atomic E-state index is 0.0372. The van der Waals surface area contributed by atoms with E-state index in [4.69, 9.17) is 44.5 Å². The highest BCUT2D eigenvalue weighted by molar-refractivity contribution is 7.80. The number of esters is 3. The molecule has 0 spiro atoms. The maximum Gasteiger partial charge on any atom is 0.413 e. The van der Waals surface area contributed by atoms with Crippen molar-refractivity contribution < 1.29 is 79.5 Å². The molecule has 2 fully saturated rings. The van der Waals surface area contributed by atoms with Gasteiger partial charge in [0.2, 0.25) is 5.78 Å². The van der Waals surface area contributed by atoms with Crippen LogP contribution in [0.3, 0.4) is 0 Å². The van der Waals surface area contributed by atoms with Crippen molar-refractivity contribution in [1.82, 2.24) is 27.7 Å². The van der Waals surface area contributed by atoms with Gasteiger partial charge in [0.25, 0.3) is 0 Å². The zero-order chi connectivity index (χ0) is 71.3. The Balaban J connectivity index is -0.000000994. The summed E-state index contributed by atoms with van der Waals surface area (Å²) < 4.78 is 81.3. The standard InChI is InChI=1S/C12H20N2O2S.C11H16O3.C8H12O2.C7H12N2S.C7H11NS.C7H14O2.C6H9NOS.C6H10O3.H3NO4S/c1-6-9-7-10(17-13-9)8-14(5)11(15)16-12(2,3)4;1-2-10(12)6-5-9-14-11-7-3-4-8-13-11;1-2-6-9-8-5-3-4-7-10-8;1-3-6-4-7(5-8-2)10-9-6;1-3-6-5-7(4-2)9-8-6;1-5-6(8)9-7(2,3)4;1-2-5-3-6(4-8)9-7-5;1-3-5(7)9-6(8)4-2;1-5-6(2,3)4/h7H,6,8H2,1-5H3;11H,2-4,7-9H2,1H3;1,8H,3-7H2;4,8H,3,5H2,1-2H3;5H,3-4H2,1-2H3;5H2,1-4H3;3,8H,2,4H2,1H3;3-4H2,1-2H3;1H2,(H,2,3,4). The van der Waals surface area contributed by atoms with Gasteiger partial charge >= 0.3 is 34.4 Å². The Bertz CT molecular complexity index is 2720. The van der Waals surface area contributed by atoms with Crippen LogP contribution in [0.5, 0.6) is 0 Å². The third-order valence-electron chi connectivity index (χ3n) is 11.0. The molecule has 24 nitrogen and oxygen atoms in total. The van der Waals surface area contributed by atoms with Gasteiger partial charge in [-0.05, 0) is 196 Å². The van der Waals surface area contributed by atoms with Gasteiger partial charge in [-0.15, -0.1) is 6.42 Å². The lowest BCUT2D eigenvalue weighted by atomic mass is 10.2. The predicted molar refractivity (Wildman–Crippen MR) is 367 cm³/mol. The fourth-order valence-corrected chi connectivity index (χ4v) is 9.24. The maximum atomic E-state index is 11.7. The van der Waals surface area contributed by atoms with E-state index >= 15 is 0 Å². The van der Waals surface area contributed by atoms with Crippen molar-refractivity contribution in [2.75, 3.05) is 40.5 Å². The summed E-state index contributed by atoms with van der Waals surface area (Å²) in [5.74, 6) is 10.5. The van der Waals surface area contributed by atoms with Crippen molar-refractivity contribution in [3.8, 4) is 24.2 Å². The lowest BCUT2D eigenvalue weighted by molar-refractivity contribution is -0.159. The molecular weight excluding hydrogens is 1300 g/mol. The number of carbonyl (C=O) groups excluding carboxylic acids is 5. The van der Waals surface area contributed by atoms with E-state index in [2.05, 4.69) is 102 Å². The monoisotopic (exact) mass is 1410 g/mol. The Hall–Kier alpha value is -5.22. The number of nitrogens with zero attached hydrogens (tertiary/aromatic N) is 5. The van der Waals surface area contributed by atoms with Gasteiger partial charge < -0.3 is 48.5 Å². The molecule has 6 rings (SSSR count). The molecule has 4 aromatic heterocycles. The summed E-state index contributed by atoms with van der Waals surface area (Å²) in [4.78, 5) is 60.1. The molecular formula is C64H107N7O17S5. The zero-order valence-electron chi connectivity index (χ0n) is 58.0. The second kappa shape index (κ2) is 56.0. The van der Waals surface area contributed by atoms with Gasteiger partial charge in [0.05, 0.1) is 40.8 Å². The maximum absolute atomic E-state index is 11.7. The van der Waals surface area contributed by atoms with Crippen LogP contribution in [0.4, 0.5) is 4.79 Å². The number of nitrogens with one attached hydrogen (secondary N) is 1. The highest BCUT2D eigenvalue weighted by Gasteiger charge is 2.21. The molecule has 4 aromatic rings. The number of Topliss-reactive ketones (excluding diaryl/α,β-unsaturated/α-hetero) is 1. The lowest BCUT2D eigenvalue weighted by Crippen LogP contribution is -2.33. The number of aryl methyl sites for hydroxylation is 5. The van der Waals surface area contributed by atoms with Crippen LogP contribution in [-0.4, -0.2) is 135 Å². The van der Waals surface area contributed by atoms with Crippen LogP contribution in [0.1, 0.15) is 210 Å². The molecule has 2 aliphatic rings. The molecule has 0 bridgehead atoms. The van der Waals surface area contributed by atoms with Gasteiger partial charge in [-0.3, -0.25) is 23.7 Å². The van der Waals surface area contributed by atoms with Crippen LogP contribution >= 0.6 is 46.1 Å². The van der Waals surface area contributed by atoms with Crippen LogP contribution in [0.2, 0.25) is 0 Å². The highest BCUT2D eigenvalue weighted by Crippen LogP contribution is 2.17. The lowest BCUT2D eigenvalue weighted by Gasteiger charge is -2.24. The van der Waals surface area contributed by atoms with Crippen molar-refractivity contribution in [2.45, 2.75) is 244 Å². The predicted octanol–water partition coefficient (Wildman–Crippen LogP) is 11.9. The number of rotatable bonds is 19. The summed E-state index contributed by atoms with van der Waals surface area (Å²) in [6.07, 6.45) is 17.6. The van der Waals surface area contributed by atoms with Gasteiger partial charge in [0.15, 0.2) is 12.6 Å². The molecule has 0 saturated carbocycles. The van der Waals surface area contributed by atoms with E-state index in [9.17, 15) is 32.4 Å². The van der Waals surface area contributed by atoms with E-state index in [0.717, 1.165) is 105 Å². The molecule has 0 aromatic carbocycles. The van der Waals surface area contributed by atoms with E-state index in [1.54, 1.807) is 62.7 Å². The van der Waals surface area contributed by atoms with E-state index in [1.807, 2.05) is 60.7 Å². The minimum atomic E-state index is -4.38. The second-order valence-corrected chi connectivity index (χ2v) is 26.1. The van der Waals surface area contributed by atoms with Gasteiger partial charge in [-0.25, -0.2) is 4.79 Å². The first-order valence-corrected chi connectivity index (χ1v) is 35.5. The van der Waals surface area contributed by atoms with Gasteiger partial charge in [0.1, 0.15) is 24.4 Å². The Kier molecular flexibility index (Phi) is 55.4. The van der Waals surface area contributed by atoms with E-state index in [-0.39, 0.29) is 62.1 Å². The number of aliphatic hydroxyl groups excluding tert-OH is 1. The Labute approximate surface area is 571 Å². The quantitative estimate of drug-likeness (QED) is 0.0129. The third-order valence-corrected chi connectivity index (χ3v) is 14.6. The number of ketones is 1. The smallest absolute Gasteiger partial charge is 0.413 e. The van der Waals surface area contributed by atoms with Crippen molar-refractivity contribution >= 4 is 86.3 Å². The SMILES string of the molecule is C#CCOC1CCCCO1.CCC(=O)C#CCOC1CCCCO1.CCC(=O)OC(=O)CC.CCC(=O)OC(C)(C)C.CCc1cc(CC)sn1.CCc1cc(CN(C)C(=O)OC(C)(C)C)sn1.CCc1cc(CNC)sn1.CCc1cc(CO)sn1.NOS(=O)(=O)O. The Morgan fingerprint density at radius 1 is 0.645 bits per heavy atom. The summed E-state index contributed by atoms with van der Waals surface area (Å²) in [6, 6.07) is 8.31. The number of hydrogen-bond acceptors (Lipinski definition) is 26. The average molecular weight is 1410 g/mol. The normalized spacial score (nSPS) is 13.7. The van der Waals surface area contributed by atoms with Gasteiger partial charge in [-0.1, -0.05) is 74.2 Å². The second-order valence-electron chi connectivity index (χ2n) is 21.4. The molecule has 2 saturated heterocycles. The van der Waals surface area contributed by atoms with Crippen molar-refractivity contribution in [1.29, 1.82) is 0 Å². The fourth-order valence-electron chi connectivity index (χ4n) is 6.17. The van der Waals surface area contributed by atoms with Crippen LogP contribution in [0.15, 0.2) is 24.3 Å². The molecule has 5 N–H and O–H groups in total. The zero-order valence-corrected chi connectivity index (χ0v) is 62.1. The van der Waals surface area contributed by atoms with Crippen LogP contribution in [-0.2, 0) is 119 Å². The molecule has 0 aliphatic carbocycles. The number of aromatic nitrogens is 4. The highest BCUT2D eigenvalue weighted by atomic mass is 32.3. The van der Waals surface area contributed by atoms with Crippen molar-refractivity contribution in [2.24, 2.45) is 5.90 Å². The fraction of sp³-hybridized carbons (Fsp3) is 0.672. The largest absolute Gasteiger partial charge is 0.460 e. The molecule has 2 aliphatic heterocycles. The average Bonchev–Trinajstić information content (AvgIpc) is 2.11. The van der Waals surface area contributed by atoms with Crippen LogP contribution in [0.25, 0.3) is 0 Å². The third kappa shape index (κ3) is 55.7. The van der Waals surface area contributed by atoms with E-state index in [0.29, 0.717) is 26.0 Å². The van der Waals surface area contributed by atoms with Crippen LogP contribution < -0.4 is 11.2 Å². The number of nitrogens with two attached hydrogens (primary N) is 1. The molecule has 1 amide bonds. The summed E-state index contributed by atoms with van der Waals surface area (Å²) >= 11 is 6.02. The summed E-state index contributed by atoms with van der Waals surface area (Å²) in [7, 11) is -0.699. The topological polar surface area (TPSA) is 327 Å². The summed E-state index contributed by atoms with van der Waals surface area (Å²) in [6.45, 7) is 32.4. The molecule has 530 valence electrons. The molecule has 2 unspecified atom stereocenters. The van der Waals surface area contributed by atoms with Crippen molar-refractivity contribution in [3.63, 3.8) is 0 Å². The number of terminal acetylenes is 1. The molecule has 29 heteroatoms. The first kappa shape index (κ1) is 92.0. The first-order chi connectivity index (χ1) is 43.9. The van der Waals surface area contributed by atoms with E-state index in [1.165, 1.54) is 50.6 Å². The van der Waals surface area contributed by atoms with Gasteiger partial charge in [-0.2, -0.15) is 36.1 Å². The van der Waals surface area contributed by atoms with E-state index < -0.39 is 27.9 Å². The van der Waals surface area contributed by atoms with Gasteiger partial charge in [0, 0.05) is 67.1 Å². The van der Waals surface area contributed by atoms with Crippen molar-refractivity contribution in [3.05, 3.63) is 66.5 Å².